The van der Waals surface area contributed by atoms with Crippen LogP contribution in [-0.2, 0) is 12.2 Å². The number of unbranched alkanes of at least 4 members (excludes halogenated alkanes) is 2. The minimum Gasteiger partial charge on any atom is -0.352 e. The Morgan fingerprint density at radius 1 is 1.09 bits per heavy atom. The highest BCUT2D eigenvalue weighted by Crippen LogP contribution is 2.24. The van der Waals surface area contributed by atoms with Gasteiger partial charge in [-0.2, -0.15) is 4.98 Å². The van der Waals surface area contributed by atoms with Crippen LogP contribution in [0.5, 0.6) is 0 Å². The topological polar surface area (TPSA) is 80.9 Å². The Morgan fingerprint density at radius 2 is 1.97 bits per heavy atom. The summed E-state index contributed by atoms with van der Waals surface area (Å²) < 4.78 is 5.32. The monoisotopic (exact) mass is 484 g/mol. The van der Waals surface area contributed by atoms with E-state index in [2.05, 4.69) is 25.8 Å². The lowest BCUT2D eigenvalue weighted by molar-refractivity contribution is 0.0953. The van der Waals surface area contributed by atoms with Crippen LogP contribution in [0.1, 0.15) is 46.2 Å². The number of benzene rings is 1. The molecule has 1 amide bonds. The quantitative estimate of drug-likeness (QED) is 0.208. The summed E-state index contributed by atoms with van der Waals surface area (Å²) in [4.78, 5) is 23.4. The maximum absolute atomic E-state index is 12.3. The fraction of sp³-hybridized carbons (Fsp3) is 0.304. The van der Waals surface area contributed by atoms with Gasteiger partial charge in [-0.25, -0.2) is 4.98 Å². The van der Waals surface area contributed by atoms with Crippen LogP contribution in [0.2, 0.25) is 0 Å². The Kier molecular flexibility index (Phi) is 8.08. The predicted molar refractivity (Wildman–Crippen MR) is 130 cm³/mol. The smallest absolute Gasteiger partial charge is 0.251 e. The number of thioether (sulfide) groups is 1. The molecule has 3 heterocycles. The average molecular weight is 485 g/mol. The van der Waals surface area contributed by atoms with E-state index < -0.39 is 0 Å². The molecule has 0 aliphatic heterocycles. The largest absolute Gasteiger partial charge is 0.352 e. The molecule has 0 unspecified atom stereocenters. The molecule has 1 aromatic carbocycles. The number of aryl methyl sites for hydroxylation is 2. The highest BCUT2D eigenvalue weighted by molar-refractivity contribution is 7.98. The predicted octanol–water partition coefficient (Wildman–Crippen LogP) is 6.00. The number of carbonyl (C=O) groups excluding carboxylic acids is 1. The fourth-order valence-corrected chi connectivity index (χ4v) is 5.24. The minimum atomic E-state index is -0.0332. The fourth-order valence-electron chi connectivity index (χ4n) is 3.08. The van der Waals surface area contributed by atoms with Crippen LogP contribution in [0.3, 0.4) is 0 Å². The standard InChI is InChI=1S/C23H24N4O2S3/c1-16-25-18(14-31-16)15-32-19-10-8-17(9-11-19)23(28)24-12-4-2-3-7-21-26-22(27-29-21)20-6-5-13-30-20/h5-6,8-11,13-14H,2-4,7,12,15H2,1H3,(H,24,28). The van der Waals surface area contributed by atoms with Gasteiger partial charge in [-0.1, -0.05) is 17.6 Å². The van der Waals surface area contributed by atoms with Gasteiger partial charge in [-0.15, -0.1) is 34.4 Å². The van der Waals surface area contributed by atoms with E-state index >= 15 is 0 Å². The van der Waals surface area contributed by atoms with Crippen LogP contribution in [0, 0.1) is 6.92 Å². The summed E-state index contributed by atoms with van der Waals surface area (Å²) in [6, 6.07) is 11.7. The van der Waals surface area contributed by atoms with Crippen LogP contribution in [0.25, 0.3) is 10.7 Å². The summed E-state index contributed by atoms with van der Waals surface area (Å²) in [5, 5.41) is 12.2. The van der Waals surface area contributed by atoms with E-state index in [9.17, 15) is 4.79 Å². The SMILES string of the molecule is Cc1nc(CSc2ccc(C(=O)NCCCCCc3nc(-c4cccs4)no3)cc2)cs1. The lowest BCUT2D eigenvalue weighted by Crippen LogP contribution is -2.24. The normalized spacial score (nSPS) is 11.0. The molecule has 32 heavy (non-hydrogen) atoms. The van der Waals surface area contributed by atoms with Crippen LogP contribution in [0.4, 0.5) is 0 Å². The number of hydrogen-bond donors (Lipinski definition) is 1. The molecule has 0 radical (unpaired) electrons. The molecule has 3 aromatic heterocycles. The van der Waals surface area contributed by atoms with Gasteiger partial charge in [-0.05, 0) is 55.5 Å². The van der Waals surface area contributed by atoms with Crippen molar-refractivity contribution >= 4 is 40.3 Å². The first kappa shape index (κ1) is 22.7. The van der Waals surface area contributed by atoms with Crippen LogP contribution in [0.15, 0.2) is 56.6 Å². The van der Waals surface area contributed by atoms with Gasteiger partial charge >= 0.3 is 0 Å². The lowest BCUT2D eigenvalue weighted by Gasteiger charge is -2.06. The Morgan fingerprint density at radius 3 is 2.72 bits per heavy atom. The number of nitrogens with one attached hydrogen (secondary N) is 1. The lowest BCUT2D eigenvalue weighted by atomic mass is 10.2. The van der Waals surface area contributed by atoms with Gasteiger partial charge in [0, 0.05) is 34.6 Å². The number of hydrogen-bond acceptors (Lipinski definition) is 8. The van der Waals surface area contributed by atoms with Crippen molar-refractivity contribution in [1.29, 1.82) is 0 Å². The molecular formula is C23H24N4O2S3. The first-order valence-corrected chi connectivity index (χ1v) is 13.2. The number of thiophene rings is 1. The second-order valence-electron chi connectivity index (χ2n) is 7.23. The molecule has 0 atom stereocenters. The van der Waals surface area contributed by atoms with Gasteiger partial charge < -0.3 is 9.84 Å². The third kappa shape index (κ3) is 6.51. The maximum Gasteiger partial charge on any atom is 0.251 e. The van der Waals surface area contributed by atoms with E-state index in [0.717, 1.165) is 51.9 Å². The summed E-state index contributed by atoms with van der Waals surface area (Å²) in [6.07, 6.45) is 3.61. The minimum absolute atomic E-state index is 0.0332. The molecule has 166 valence electrons. The van der Waals surface area contributed by atoms with Crippen molar-refractivity contribution in [3.05, 3.63) is 69.3 Å². The van der Waals surface area contributed by atoms with E-state index in [-0.39, 0.29) is 5.91 Å². The van der Waals surface area contributed by atoms with Crippen LogP contribution >= 0.6 is 34.4 Å². The Hall–Kier alpha value is -2.49. The molecule has 4 aromatic rings. The van der Waals surface area contributed by atoms with Gasteiger partial charge in [0.15, 0.2) is 0 Å². The third-order valence-corrected chi connectivity index (χ3v) is 7.47. The van der Waals surface area contributed by atoms with E-state index in [4.69, 9.17) is 4.52 Å². The second-order valence-corrected chi connectivity index (χ2v) is 10.3. The first-order valence-electron chi connectivity index (χ1n) is 10.5. The second kappa shape index (κ2) is 11.4. The van der Waals surface area contributed by atoms with Gasteiger partial charge in [-0.3, -0.25) is 4.79 Å². The molecule has 0 saturated heterocycles. The summed E-state index contributed by atoms with van der Waals surface area (Å²) in [7, 11) is 0. The van der Waals surface area contributed by atoms with Gasteiger partial charge in [0.25, 0.3) is 5.91 Å². The zero-order valence-electron chi connectivity index (χ0n) is 17.7. The summed E-state index contributed by atoms with van der Waals surface area (Å²) in [5.41, 5.74) is 1.78. The molecule has 0 spiro atoms. The van der Waals surface area contributed by atoms with E-state index in [1.165, 1.54) is 0 Å². The third-order valence-electron chi connectivity index (χ3n) is 4.73. The van der Waals surface area contributed by atoms with Crippen LogP contribution in [-0.4, -0.2) is 27.6 Å². The molecule has 1 N–H and O–H groups in total. The highest BCUT2D eigenvalue weighted by atomic mass is 32.2. The molecule has 0 aliphatic carbocycles. The van der Waals surface area contributed by atoms with E-state index in [0.29, 0.717) is 23.8 Å². The van der Waals surface area contributed by atoms with Crippen molar-refractivity contribution in [2.45, 2.75) is 43.3 Å². The zero-order chi connectivity index (χ0) is 22.2. The molecule has 4 rings (SSSR count). The Labute approximate surface area is 199 Å². The summed E-state index contributed by atoms with van der Waals surface area (Å²) >= 11 is 5.00. The number of nitrogens with zero attached hydrogens (tertiary/aromatic N) is 3. The number of amides is 1. The summed E-state index contributed by atoms with van der Waals surface area (Å²) in [6.45, 7) is 2.67. The molecule has 0 bridgehead atoms. The molecule has 0 saturated carbocycles. The van der Waals surface area contributed by atoms with Crippen molar-refractivity contribution in [2.75, 3.05) is 6.54 Å². The summed E-state index contributed by atoms with van der Waals surface area (Å²) in [5.74, 6) is 2.13. The van der Waals surface area contributed by atoms with Crippen LogP contribution < -0.4 is 5.32 Å². The molecular weight excluding hydrogens is 460 g/mol. The van der Waals surface area contributed by atoms with Crippen molar-refractivity contribution in [2.24, 2.45) is 0 Å². The number of aromatic nitrogens is 3. The van der Waals surface area contributed by atoms with Crippen molar-refractivity contribution in [3.8, 4) is 10.7 Å². The van der Waals surface area contributed by atoms with Gasteiger partial charge in [0.2, 0.25) is 11.7 Å². The number of thiazole rings is 1. The van der Waals surface area contributed by atoms with Crippen molar-refractivity contribution in [3.63, 3.8) is 0 Å². The average Bonchev–Trinajstić information content (AvgIpc) is 3.57. The molecule has 0 fully saturated rings. The molecule has 0 aliphatic rings. The van der Waals surface area contributed by atoms with E-state index in [1.807, 2.05) is 48.7 Å². The highest BCUT2D eigenvalue weighted by Gasteiger charge is 2.09. The molecule has 6 nitrogen and oxygen atoms in total. The Bertz CT molecular complexity index is 1120. The van der Waals surface area contributed by atoms with Gasteiger partial charge in [0.1, 0.15) is 0 Å². The van der Waals surface area contributed by atoms with E-state index in [1.54, 1.807) is 34.4 Å². The van der Waals surface area contributed by atoms with Crippen molar-refractivity contribution < 1.29 is 9.32 Å². The Balaban J connectivity index is 1.11. The maximum atomic E-state index is 12.3. The first-order chi connectivity index (χ1) is 15.7. The number of carbonyl (C=O) groups is 1. The zero-order valence-corrected chi connectivity index (χ0v) is 20.2. The molecule has 9 heteroatoms. The van der Waals surface area contributed by atoms with Gasteiger partial charge in [0.05, 0.1) is 15.6 Å². The number of rotatable bonds is 11. The van der Waals surface area contributed by atoms with Crippen molar-refractivity contribution in [1.82, 2.24) is 20.4 Å².